The quantitative estimate of drug-likeness (QED) is 0.865. The van der Waals surface area contributed by atoms with Gasteiger partial charge in [-0.1, -0.05) is 19.9 Å². The monoisotopic (exact) mass is 249 g/mol. The fourth-order valence-corrected chi connectivity index (χ4v) is 1.36. The van der Waals surface area contributed by atoms with Gasteiger partial charge in [-0.15, -0.1) is 13.2 Å². The number of ether oxygens (including phenoxy) is 1. The summed E-state index contributed by atoms with van der Waals surface area (Å²) >= 11 is 0. The fourth-order valence-electron chi connectivity index (χ4n) is 1.36. The number of phenolic OH excluding ortho intramolecular Hbond substituents is 1. The molecule has 0 aliphatic heterocycles. The van der Waals surface area contributed by atoms with E-state index in [9.17, 15) is 18.3 Å². The van der Waals surface area contributed by atoms with E-state index >= 15 is 0 Å². The summed E-state index contributed by atoms with van der Waals surface area (Å²) in [6, 6.07) is 2.94. The minimum absolute atomic E-state index is 0.0651. The molecule has 3 nitrogen and oxygen atoms in total. The average molecular weight is 249 g/mol. The van der Waals surface area contributed by atoms with Gasteiger partial charge in [-0.25, -0.2) is 0 Å². The molecule has 96 valence electrons. The van der Waals surface area contributed by atoms with Crippen molar-refractivity contribution in [1.82, 2.24) is 0 Å². The van der Waals surface area contributed by atoms with E-state index in [-0.39, 0.29) is 11.7 Å². The van der Waals surface area contributed by atoms with Gasteiger partial charge in [0.05, 0.1) is 0 Å². The van der Waals surface area contributed by atoms with Crippen LogP contribution in [0.5, 0.6) is 11.5 Å². The minimum Gasteiger partial charge on any atom is -0.507 e. The second-order valence-electron chi connectivity index (χ2n) is 4.04. The van der Waals surface area contributed by atoms with Crippen LogP contribution in [0.3, 0.4) is 0 Å². The molecule has 0 fully saturated rings. The van der Waals surface area contributed by atoms with Crippen molar-refractivity contribution in [2.24, 2.45) is 11.7 Å². The lowest BCUT2D eigenvalue weighted by molar-refractivity contribution is -0.274. The van der Waals surface area contributed by atoms with Gasteiger partial charge in [0.15, 0.2) is 0 Å². The Morgan fingerprint density at radius 3 is 2.29 bits per heavy atom. The van der Waals surface area contributed by atoms with Gasteiger partial charge in [-0.3, -0.25) is 0 Å². The molecule has 0 aliphatic rings. The lowest BCUT2D eigenvalue weighted by Crippen LogP contribution is -2.18. The third-order valence-corrected chi connectivity index (χ3v) is 2.31. The third-order valence-electron chi connectivity index (χ3n) is 2.31. The first kappa shape index (κ1) is 13.6. The van der Waals surface area contributed by atoms with Gasteiger partial charge in [0, 0.05) is 17.7 Å². The molecule has 1 unspecified atom stereocenters. The first-order valence-electron chi connectivity index (χ1n) is 5.05. The summed E-state index contributed by atoms with van der Waals surface area (Å²) in [6.07, 6.45) is -4.77. The molecule has 0 saturated carbocycles. The highest BCUT2D eigenvalue weighted by molar-refractivity contribution is 5.41. The summed E-state index contributed by atoms with van der Waals surface area (Å²) in [5.74, 6) is -0.696. The molecule has 0 spiro atoms. The van der Waals surface area contributed by atoms with Gasteiger partial charge >= 0.3 is 6.36 Å². The largest absolute Gasteiger partial charge is 0.573 e. The Morgan fingerprint density at radius 1 is 1.29 bits per heavy atom. The molecule has 0 amide bonds. The summed E-state index contributed by atoms with van der Waals surface area (Å²) in [7, 11) is 0. The summed E-state index contributed by atoms with van der Waals surface area (Å²) in [6.45, 7) is 3.70. The maximum Gasteiger partial charge on any atom is 0.573 e. The molecule has 3 N–H and O–H groups in total. The van der Waals surface area contributed by atoms with Crippen molar-refractivity contribution in [3.8, 4) is 11.5 Å². The van der Waals surface area contributed by atoms with E-state index in [0.717, 1.165) is 12.1 Å². The Balaban J connectivity index is 2.94. The molecule has 0 saturated heterocycles. The Bertz CT molecular complexity index is 391. The van der Waals surface area contributed by atoms with E-state index in [1.165, 1.54) is 6.07 Å². The Morgan fingerprint density at radius 2 is 1.88 bits per heavy atom. The van der Waals surface area contributed by atoms with Crippen molar-refractivity contribution in [2.75, 3.05) is 0 Å². The molecule has 1 aromatic rings. The summed E-state index contributed by atoms with van der Waals surface area (Å²) in [5, 5.41) is 9.58. The van der Waals surface area contributed by atoms with E-state index in [1.807, 2.05) is 13.8 Å². The van der Waals surface area contributed by atoms with Crippen LogP contribution in [-0.2, 0) is 0 Å². The highest BCUT2D eigenvalue weighted by Crippen LogP contribution is 2.32. The van der Waals surface area contributed by atoms with Crippen LogP contribution in [-0.4, -0.2) is 11.5 Å². The maximum atomic E-state index is 11.9. The second kappa shape index (κ2) is 4.83. The predicted octanol–water partition coefficient (Wildman–Crippen LogP) is 2.95. The van der Waals surface area contributed by atoms with Crippen molar-refractivity contribution in [2.45, 2.75) is 26.3 Å². The lowest BCUT2D eigenvalue weighted by atomic mass is 9.96. The average Bonchev–Trinajstić information content (AvgIpc) is 2.14. The van der Waals surface area contributed by atoms with Gasteiger partial charge in [0.2, 0.25) is 0 Å². The topological polar surface area (TPSA) is 55.5 Å². The first-order valence-corrected chi connectivity index (χ1v) is 5.05. The standard InChI is InChI=1S/C11H14F3NO2/c1-6(2)10(15)8-4-3-7(5-9(8)16)17-11(12,13)14/h3-6,10,16H,15H2,1-2H3. The van der Waals surface area contributed by atoms with Crippen LogP contribution in [0, 0.1) is 5.92 Å². The molecule has 0 aromatic heterocycles. The molecule has 0 heterocycles. The van der Waals surface area contributed by atoms with Gasteiger partial charge in [-0.05, 0) is 12.0 Å². The van der Waals surface area contributed by atoms with Crippen LogP contribution >= 0.6 is 0 Å². The molecule has 1 aromatic carbocycles. The lowest BCUT2D eigenvalue weighted by Gasteiger charge is -2.18. The molecule has 6 heteroatoms. The zero-order valence-electron chi connectivity index (χ0n) is 9.45. The number of alkyl halides is 3. The van der Waals surface area contributed by atoms with Crippen LogP contribution in [0.4, 0.5) is 13.2 Å². The SMILES string of the molecule is CC(C)C(N)c1ccc(OC(F)(F)F)cc1O. The van der Waals surface area contributed by atoms with E-state index in [4.69, 9.17) is 5.73 Å². The molecule has 1 atom stereocenters. The summed E-state index contributed by atoms with van der Waals surface area (Å²) < 4.78 is 39.5. The normalized spacial score (nSPS) is 13.8. The van der Waals surface area contributed by atoms with Gasteiger partial charge in [0.1, 0.15) is 11.5 Å². The fraction of sp³-hybridized carbons (Fsp3) is 0.455. The summed E-state index contributed by atoms with van der Waals surface area (Å²) in [5.41, 5.74) is 6.19. The van der Waals surface area contributed by atoms with E-state index < -0.39 is 18.2 Å². The van der Waals surface area contributed by atoms with Gasteiger partial charge in [0.25, 0.3) is 0 Å². The van der Waals surface area contributed by atoms with Gasteiger partial charge < -0.3 is 15.6 Å². The minimum atomic E-state index is -4.77. The molecule has 1 rings (SSSR count). The van der Waals surface area contributed by atoms with Crippen molar-refractivity contribution in [1.29, 1.82) is 0 Å². The maximum absolute atomic E-state index is 11.9. The highest BCUT2D eigenvalue weighted by Gasteiger charge is 2.31. The van der Waals surface area contributed by atoms with Crippen LogP contribution in [0.1, 0.15) is 25.5 Å². The molecule has 0 radical (unpaired) electrons. The summed E-state index contributed by atoms with van der Waals surface area (Å²) in [4.78, 5) is 0. The molecular formula is C11H14F3NO2. The van der Waals surface area contributed by atoms with E-state index in [2.05, 4.69) is 4.74 Å². The zero-order chi connectivity index (χ0) is 13.2. The molecule has 17 heavy (non-hydrogen) atoms. The van der Waals surface area contributed by atoms with Crippen LogP contribution in [0.25, 0.3) is 0 Å². The number of nitrogens with two attached hydrogens (primary N) is 1. The number of halogens is 3. The number of rotatable bonds is 3. The Labute approximate surface area is 97.0 Å². The first-order chi connectivity index (χ1) is 7.70. The zero-order valence-corrected chi connectivity index (χ0v) is 9.45. The molecular weight excluding hydrogens is 235 g/mol. The Hall–Kier alpha value is -1.43. The third kappa shape index (κ3) is 3.81. The van der Waals surface area contributed by atoms with Crippen molar-refractivity contribution >= 4 is 0 Å². The molecule has 0 aliphatic carbocycles. The predicted molar refractivity (Wildman–Crippen MR) is 56.6 cm³/mol. The van der Waals surface area contributed by atoms with Crippen molar-refractivity contribution in [3.05, 3.63) is 23.8 Å². The number of phenols is 1. The Kier molecular flexibility index (Phi) is 3.87. The number of hydrogen-bond acceptors (Lipinski definition) is 3. The molecule has 0 bridgehead atoms. The van der Waals surface area contributed by atoms with Gasteiger partial charge in [-0.2, -0.15) is 0 Å². The number of hydrogen-bond donors (Lipinski definition) is 2. The van der Waals surface area contributed by atoms with E-state index in [0.29, 0.717) is 5.56 Å². The second-order valence-corrected chi connectivity index (χ2v) is 4.04. The van der Waals surface area contributed by atoms with E-state index in [1.54, 1.807) is 0 Å². The number of aromatic hydroxyl groups is 1. The van der Waals surface area contributed by atoms with Crippen molar-refractivity contribution < 1.29 is 23.0 Å². The smallest absolute Gasteiger partial charge is 0.507 e. The van der Waals surface area contributed by atoms with Crippen LogP contribution in [0.2, 0.25) is 0 Å². The van der Waals surface area contributed by atoms with Crippen molar-refractivity contribution in [3.63, 3.8) is 0 Å². The number of benzene rings is 1. The van der Waals surface area contributed by atoms with Crippen LogP contribution < -0.4 is 10.5 Å². The highest BCUT2D eigenvalue weighted by atomic mass is 19.4. The van der Waals surface area contributed by atoms with Crippen LogP contribution in [0.15, 0.2) is 18.2 Å².